The van der Waals surface area contributed by atoms with Gasteiger partial charge in [-0.1, -0.05) is 6.92 Å². The first-order valence-corrected chi connectivity index (χ1v) is 13.9. The highest BCUT2D eigenvalue weighted by molar-refractivity contribution is 5.86. The number of aryl methyl sites for hydroxylation is 2. The number of nitrogens with zero attached hydrogens (tertiary/aromatic N) is 6. The lowest BCUT2D eigenvalue weighted by Gasteiger charge is -2.30. The third-order valence-corrected chi connectivity index (χ3v) is 8.22. The molecule has 4 aromatic rings. The summed E-state index contributed by atoms with van der Waals surface area (Å²) in [7, 11) is 0. The summed E-state index contributed by atoms with van der Waals surface area (Å²) in [6, 6.07) is 7.66. The van der Waals surface area contributed by atoms with Crippen LogP contribution in [0.15, 0.2) is 36.7 Å². The van der Waals surface area contributed by atoms with E-state index < -0.39 is 5.82 Å². The lowest BCUT2D eigenvalue weighted by molar-refractivity contribution is 0.145. The van der Waals surface area contributed by atoms with Crippen LogP contribution in [0.1, 0.15) is 51.4 Å². The number of anilines is 2. The molecule has 1 fully saturated rings. The second kappa shape index (κ2) is 10.2. The van der Waals surface area contributed by atoms with Crippen LogP contribution < -0.4 is 10.1 Å². The van der Waals surface area contributed by atoms with Crippen LogP contribution in [0.5, 0.6) is 5.75 Å². The molecule has 1 saturated heterocycles. The van der Waals surface area contributed by atoms with Crippen LogP contribution in [0.25, 0.3) is 22.3 Å². The van der Waals surface area contributed by atoms with Crippen LogP contribution in [0.2, 0.25) is 0 Å². The van der Waals surface area contributed by atoms with Crippen molar-refractivity contribution < 1.29 is 9.13 Å². The summed E-state index contributed by atoms with van der Waals surface area (Å²) < 4.78 is 23.3. The average Bonchev–Trinajstić information content (AvgIpc) is 3.47. The molecule has 0 amide bonds. The summed E-state index contributed by atoms with van der Waals surface area (Å²) in [5.74, 6) is 2.78. The topological polar surface area (TPSA) is 81.0 Å². The Labute approximate surface area is 228 Å². The van der Waals surface area contributed by atoms with Gasteiger partial charge in [-0.2, -0.15) is 0 Å². The molecule has 2 aliphatic rings. The van der Waals surface area contributed by atoms with Crippen LogP contribution in [0.3, 0.4) is 0 Å². The molecule has 5 heterocycles. The number of benzene rings is 1. The number of imidazole rings is 1. The second-order valence-corrected chi connectivity index (χ2v) is 11.4. The van der Waals surface area contributed by atoms with Gasteiger partial charge in [-0.15, -0.1) is 0 Å². The molecule has 1 aromatic carbocycles. The van der Waals surface area contributed by atoms with Crippen molar-refractivity contribution in [2.45, 2.75) is 58.9 Å². The number of aromatic nitrogens is 5. The lowest BCUT2D eigenvalue weighted by atomic mass is 9.98. The molecule has 3 aromatic heterocycles. The number of piperidine rings is 1. The predicted molar refractivity (Wildman–Crippen MR) is 151 cm³/mol. The minimum atomic E-state index is -0.471. The number of likely N-dealkylation sites (tertiary alicyclic amines) is 1. The number of hydrogen-bond donors (Lipinski definition) is 1. The van der Waals surface area contributed by atoms with Gasteiger partial charge < -0.3 is 19.5 Å². The highest BCUT2D eigenvalue weighted by atomic mass is 19.1. The van der Waals surface area contributed by atoms with E-state index in [1.54, 1.807) is 6.20 Å². The number of ether oxygens (including phenoxy) is 1. The van der Waals surface area contributed by atoms with Crippen LogP contribution in [-0.2, 0) is 12.0 Å². The molecule has 9 heteroatoms. The van der Waals surface area contributed by atoms with E-state index in [9.17, 15) is 0 Å². The average molecular weight is 530 g/mol. The van der Waals surface area contributed by atoms with Crippen molar-refractivity contribution in [2.24, 2.45) is 5.92 Å². The fourth-order valence-corrected chi connectivity index (χ4v) is 5.87. The molecule has 0 aliphatic carbocycles. The Bertz CT molecular complexity index is 1490. The van der Waals surface area contributed by atoms with E-state index in [1.165, 1.54) is 19.0 Å². The third-order valence-electron chi connectivity index (χ3n) is 8.22. The van der Waals surface area contributed by atoms with Crippen molar-refractivity contribution in [1.82, 2.24) is 29.4 Å². The summed E-state index contributed by atoms with van der Waals surface area (Å²) in [5.41, 5.74) is 3.91. The largest absolute Gasteiger partial charge is 0.492 e. The van der Waals surface area contributed by atoms with Crippen LogP contribution >= 0.6 is 0 Å². The summed E-state index contributed by atoms with van der Waals surface area (Å²) in [4.78, 5) is 20.5. The normalized spacial score (nSPS) is 17.5. The molecule has 0 unspecified atom stereocenters. The molecular weight excluding hydrogens is 493 g/mol. The van der Waals surface area contributed by atoms with Crippen molar-refractivity contribution in [3.63, 3.8) is 0 Å². The Morgan fingerprint density at radius 2 is 1.92 bits per heavy atom. The van der Waals surface area contributed by atoms with Gasteiger partial charge in [0.25, 0.3) is 0 Å². The molecule has 8 nitrogen and oxygen atoms in total. The standard InChI is InChI=1S/C30H36FN7O/c1-5-37-12-9-20(10-13-37)18-39-22-6-7-25(32-16-22)34-29-33-17-23(31)28(36-29)21-14-19(2)27-24(15-21)38-26(35-27)8-11-30(38,3)4/h6-7,14-17,20H,5,8-13,18H2,1-4H3,(H,32,33,34,36). The number of hydrogen-bond acceptors (Lipinski definition) is 7. The first-order chi connectivity index (χ1) is 18.8. The maximum absolute atomic E-state index is 15.0. The number of halogens is 1. The van der Waals surface area contributed by atoms with Crippen molar-refractivity contribution in [2.75, 3.05) is 31.6 Å². The second-order valence-electron chi connectivity index (χ2n) is 11.4. The van der Waals surface area contributed by atoms with Gasteiger partial charge in [0, 0.05) is 17.5 Å². The Balaban J connectivity index is 1.18. The first-order valence-electron chi connectivity index (χ1n) is 13.9. The summed E-state index contributed by atoms with van der Waals surface area (Å²) in [6.07, 6.45) is 7.22. The monoisotopic (exact) mass is 529 g/mol. The zero-order valence-corrected chi connectivity index (χ0v) is 23.2. The number of pyridine rings is 1. The maximum Gasteiger partial charge on any atom is 0.229 e. The molecule has 1 N–H and O–H groups in total. The maximum atomic E-state index is 15.0. The molecule has 0 atom stereocenters. The van der Waals surface area contributed by atoms with E-state index in [0.29, 0.717) is 23.9 Å². The van der Waals surface area contributed by atoms with Gasteiger partial charge in [-0.25, -0.2) is 24.3 Å². The van der Waals surface area contributed by atoms with Gasteiger partial charge in [0.05, 0.1) is 30.0 Å². The van der Waals surface area contributed by atoms with Crippen LogP contribution in [0.4, 0.5) is 16.2 Å². The van der Waals surface area contributed by atoms with E-state index in [1.807, 2.05) is 31.2 Å². The third kappa shape index (κ3) is 5.07. The molecule has 0 bridgehead atoms. The summed E-state index contributed by atoms with van der Waals surface area (Å²) in [6.45, 7) is 12.8. The van der Waals surface area contributed by atoms with Gasteiger partial charge in [0.1, 0.15) is 23.1 Å². The van der Waals surface area contributed by atoms with E-state index in [0.717, 1.165) is 60.6 Å². The summed E-state index contributed by atoms with van der Waals surface area (Å²) >= 11 is 0. The summed E-state index contributed by atoms with van der Waals surface area (Å²) in [5, 5.41) is 3.11. The van der Waals surface area contributed by atoms with E-state index in [-0.39, 0.29) is 17.2 Å². The Hall–Kier alpha value is -3.59. The minimum Gasteiger partial charge on any atom is -0.492 e. The number of nitrogens with one attached hydrogen (secondary N) is 1. The highest BCUT2D eigenvalue weighted by Crippen LogP contribution is 2.38. The fourth-order valence-electron chi connectivity index (χ4n) is 5.87. The van der Waals surface area contributed by atoms with Gasteiger partial charge in [-0.05, 0) is 95.4 Å². The van der Waals surface area contributed by atoms with Crippen molar-refractivity contribution >= 4 is 22.8 Å². The highest BCUT2D eigenvalue weighted by Gasteiger charge is 2.32. The van der Waals surface area contributed by atoms with E-state index in [2.05, 4.69) is 50.5 Å². The molecule has 2 aliphatic heterocycles. The van der Waals surface area contributed by atoms with Crippen LogP contribution in [0, 0.1) is 18.7 Å². The zero-order chi connectivity index (χ0) is 27.1. The predicted octanol–water partition coefficient (Wildman–Crippen LogP) is 5.87. The minimum absolute atomic E-state index is 0.0275. The van der Waals surface area contributed by atoms with Crippen molar-refractivity contribution in [3.05, 3.63) is 53.9 Å². The van der Waals surface area contributed by atoms with Gasteiger partial charge in [0.2, 0.25) is 5.95 Å². The van der Waals surface area contributed by atoms with E-state index in [4.69, 9.17) is 9.72 Å². The molecule has 0 spiro atoms. The van der Waals surface area contributed by atoms with Crippen molar-refractivity contribution in [3.8, 4) is 17.0 Å². The molecule has 0 saturated carbocycles. The molecule has 6 rings (SSSR count). The molecular formula is C30H36FN7O. The lowest BCUT2D eigenvalue weighted by Crippen LogP contribution is -2.35. The van der Waals surface area contributed by atoms with E-state index >= 15 is 4.39 Å². The zero-order valence-electron chi connectivity index (χ0n) is 23.2. The van der Waals surface area contributed by atoms with Gasteiger partial charge in [0.15, 0.2) is 5.82 Å². The Kier molecular flexibility index (Phi) is 6.71. The smallest absolute Gasteiger partial charge is 0.229 e. The van der Waals surface area contributed by atoms with Gasteiger partial charge >= 0.3 is 0 Å². The molecule has 0 radical (unpaired) electrons. The first kappa shape index (κ1) is 25.7. The molecule has 39 heavy (non-hydrogen) atoms. The van der Waals surface area contributed by atoms with Gasteiger partial charge in [-0.3, -0.25) is 0 Å². The fraction of sp³-hybridized carbons (Fsp3) is 0.467. The SMILES string of the molecule is CCN1CCC(COc2ccc(Nc3ncc(F)c(-c4cc(C)c5nc6n(c5c4)C(C)(C)CC6)n3)nc2)CC1. The number of rotatable bonds is 7. The Morgan fingerprint density at radius 1 is 1.10 bits per heavy atom. The quantitative estimate of drug-likeness (QED) is 0.321. The molecule has 204 valence electrons. The number of fused-ring (bicyclic) bond motifs is 3. The Morgan fingerprint density at radius 3 is 2.67 bits per heavy atom. The van der Waals surface area contributed by atoms with Crippen molar-refractivity contribution in [1.29, 1.82) is 0 Å². The van der Waals surface area contributed by atoms with Crippen LogP contribution in [-0.4, -0.2) is 55.6 Å².